The number of nitrogens with zero attached hydrogens (tertiary/aromatic N) is 1. The molecule has 0 radical (unpaired) electrons. The maximum atomic E-state index is 12.9. The van der Waals surface area contributed by atoms with Gasteiger partial charge < -0.3 is 19.7 Å². The van der Waals surface area contributed by atoms with E-state index < -0.39 is 0 Å². The van der Waals surface area contributed by atoms with Crippen molar-refractivity contribution in [3.63, 3.8) is 0 Å². The third-order valence-corrected chi connectivity index (χ3v) is 5.29. The fourth-order valence-corrected chi connectivity index (χ4v) is 3.52. The average molecular weight is 481 g/mol. The number of hydrogen-bond donors (Lipinski definition) is 1. The van der Waals surface area contributed by atoms with Gasteiger partial charge in [0.1, 0.15) is 18.1 Å². The Bertz CT molecular complexity index is 1100. The van der Waals surface area contributed by atoms with Gasteiger partial charge in [-0.25, -0.2) is 4.79 Å². The molecule has 3 aromatic carbocycles. The molecule has 0 unspecified atom stereocenters. The van der Waals surface area contributed by atoms with Crippen LogP contribution in [0, 0.1) is 0 Å². The van der Waals surface area contributed by atoms with Crippen LogP contribution in [0.25, 0.3) is 0 Å². The molecule has 0 aromatic heterocycles. The number of ketones is 1. The van der Waals surface area contributed by atoms with Crippen molar-refractivity contribution < 1.29 is 19.1 Å². The summed E-state index contributed by atoms with van der Waals surface area (Å²) < 4.78 is 11.4. The molecule has 0 atom stereocenters. The Hall–Kier alpha value is -3.51. The molecular weight excluding hydrogens is 452 g/mol. The van der Waals surface area contributed by atoms with Gasteiger partial charge in [-0.2, -0.15) is 0 Å². The Balaban J connectivity index is 1.64. The van der Waals surface area contributed by atoms with Gasteiger partial charge in [0.25, 0.3) is 0 Å². The molecule has 0 heterocycles. The lowest BCUT2D eigenvalue weighted by atomic mass is 10.1. The van der Waals surface area contributed by atoms with Crippen molar-refractivity contribution in [2.45, 2.75) is 33.1 Å². The molecule has 0 aliphatic heterocycles. The van der Waals surface area contributed by atoms with E-state index in [1.54, 1.807) is 18.2 Å². The van der Waals surface area contributed by atoms with Crippen LogP contribution in [0.4, 0.5) is 4.79 Å². The van der Waals surface area contributed by atoms with Crippen LogP contribution in [-0.4, -0.2) is 36.4 Å². The molecule has 0 bridgehead atoms. The van der Waals surface area contributed by atoms with E-state index in [1.165, 1.54) is 11.9 Å². The minimum Gasteiger partial charge on any atom is -0.489 e. The van der Waals surface area contributed by atoms with Crippen LogP contribution < -0.4 is 14.8 Å². The molecule has 1 N–H and O–H groups in total. The quantitative estimate of drug-likeness (QED) is 0.376. The SMILES string of the molecule is CNC(=O)N(CC(=O)c1ccc(OC(C)C)c(Cl)c1)Cc1ccc(OCc2ccccc2)cc1. The molecule has 0 aliphatic rings. The van der Waals surface area contributed by atoms with Gasteiger partial charge in [-0.1, -0.05) is 54.1 Å². The Morgan fingerprint density at radius 1 is 0.971 bits per heavy atom. The lowest BCUT2D eigenvalue weighted by molar-refractivity contribution is 0.0940. The van der Waals surface area contributed by atoms with E-state index in [0.29, 0.717) is 22.9 Å². The Morgan fingerprint density at radius 2 is 1.68 bits per heavy atom. The van der Waals surface area contributed by atoms with Crippen LogP contribution in [-0.2, 0) is 13.2 Å². The monoisotopic (exact) mass is 480 g/mol. The molecule has 0 spiro atoms. The lowest BCUT2D eigenvalue weighted by Gasteiger charge is -2.22. The number of ether oxygens (including phenoxy) is 2. The minimum absolute atomic E-state index is 0.0297. The predicted molar refractivity (Wildman–Crippen MR) is 134 cm³/mol. The number of urea groups is 1. The van der Waals surface area contributed by atoms with E-state index in [2.05, 4.69) is 5.32 Å². The van der Waals surface area contributed by atoms with Gasteiger partial charge in [-0.3, -0.25) is 4.79 Å². The molecular formula is C27H29ClN2O4. The molecule has 34 heavy (non-hydrogen) atoms. The first-order valence-electron chi connectivity index (χ1n) is 11.1. The summed E-state index contributed by atoms with van der Waals surface area (Å²) in [5.41, 5.74) is 2.38. The summed E-state index contributed by atoms with van der Waals surface area (Å²) in [6.07, 6.45) is -0.0297. The Kier molecular flexibility index (Phi) is 8.93. The number of Topliss-reactive ketones (excluding diaryl/α,β-unsaturated/α-hetero) is 1. The van der Waals surface area contributed by atoms with E-state index in [0.717, 1.165) is 16.9 Å². The number of carbonyl (C=O) groups is 2. The molecule has 3 rings (SSSR count). The number of halogens is 1. The number of hydrogen-bond acceptors (Lipinski definition) is 4. The summed E-state index contributed by atoms with van der Waals surface area (Å²) in [7, 11) is 1.54. The smallest absolute Gasteiger partial charge is 0.317 e. The molecule has 3 aromatic rings. The van der Waals surface area contributed by atoms with Gasteiger partial charge in [0.15, 0.2) is 5.78 Å². The zero-order chi connectivity index (χ0) is 24.5. The third-order valence-electron chi connectivity index (χ3n) is 5.00. The number of rotatable bonds is 10. The van der Waals surface area contributed by atoms with Crippen molar-refractivity contribution in [3.8, 4) is 11.5 Å². The fraction of sp³-hybridized carbons (Fsp3) is 0.259. The topological polar surface area (TPSA) is 67.9 Å². The molecule has 0 saturated carbocycles. The second-order valence-electron chi connectivity index (χ2n) is 8.06. The summed E-state index contributed by atoms with van der Waals surface area (Å²) in [5.74, 6) is 1.03. The van der Waals surface area contributed by atoms with Gasteiger partial charge in [-0.15, -0.1) is 0 Å². The summed E-state index contributed by atoms with van der Waals surface area (Å²) in [4.78, 5) is 26.8. The summed E-state index contributed by atoms with van der Waals surface area (Å²) in [6, 6.07) is 22.0. The van der Waals surface area contributed by atoms with Crippen LogP contribution in [0.5, 0.6) is 11.5 Å². The Morgan fingerprint density at radius 3 is 2.29 bits per heavy atom. The maximum absolute atomic E-state index is 12.9. The average Bonchev–Trinajstić information content (AvgIpc) is 2.84. The molecule has 178 valence electrons. The number of benzene rings is 3. The second kappa shape index (κ2) is 12.1. The normalized spacial score (nSPS) is 10.6. The molecule has 0 fully saturated rings. The first kappa shape index (κ1) is 25.1. The van der Waals surface area contributed by atoms with Crippen molar-refractivity contribution in [2.75, 3.05) is 13.6 Å². The van der Waals surface area contributed by atoms with Crippen molar-refractivity contribution in [3.05, 3.63) is 94.5 Å². The van der Waals surface area contributed by atoms with Crippen LogP contribution >= 0.6 is 11.6 Å². The van der Waals surface area contributed by atoms with Crippen LogP contribution in [0.1, 0.15) is 35.3 Å². The first-order chi connectivity index (χ1) is 16.4. The highest BCUT2D eigenvalue weighted by molar-refractivity contribution is 6.32. The van der Waals surface area contributed by atoms with Gasteiger partial charge in [0.2, 0.25) is 0 Å². The number of amides is 2. The van der Waals surface area contributed by atoms with E-state index >= 15 is 0 Å². The van der Waals surface area contributed by atoms with Crippen molar-refractivity contribution in [2.24, 2.45) is 0 Å². The van der Waals surface area contributed by atoms with Crippen molar-refractivity contribution >= 4 is 23.4 Å². The van der Waals surface area contributed by atoms with Crippen LogP contribution in [0.2, 0.25) is 5.02 Å². The highest BCUT2D eigenvalue weighted by atomic mass is 35.5. The lowest BCUT2D eigenvalue weighted by Crippen LogP contribution is -2.40. The second-order valence-corrected chi connectivity index (χ2v) is 8.47. The minimum atomic E-state index is -0.344. The Labute approximate surface area is 205 Å². The van der Waals surface area contributed by atoms with Crippen LogP contribution in [0.3, 0.4) is 0 Å². The van der Waals surface area contributed by atoms with Gasteiger partial charge >= 0.3 is 6.03 Å². The molecule has 0 saturated heterocycles. The van der Waals surface area contributed by atoms with E-state index in [9.17, 15) is 9.59 Å². The largest absolute Gasteiger partial charge is 0.489 e. The zero-order valence-corrected chi connectivity index (χ0v) is 20.3. The molecule has 0 aliphatic carbocycles. The fourth-order valence-electron chi connectivity index (χ4n) is 3.30. The van der Waals surface area contributed by atoms with Crippen molar-refractivity contribution in [1.82, 2.24) is 10.2 Å². The van der Waals surface area contributed by atoms with Gasteiger partial charge in [0, 0.05) is 19.2 Å². The summed E-state index contributed by atoms with van der Waals surface area (Å²) >= 11 is 6.27. The highest BCUT2D eigenvalue weighted by Gasteiger charge is 2.19. The summed E-state index contributed by atoms with van der Waals surface area (Å²) in [5, 5.41) is 2.96. The molecule has 6 nitrogen and oxygen atoms in total. The molecule has 2 amide bonds. The van der Waals surface area contributed by atoms with E-state index in [-0.39, 0.29) is 31.0 Å². The van der Waals surface area contributed by atoms with Gasteiger partial charge in [-0.05, 0) is 55.3 Å². The predicted octanol–water partition coefficient (Wildman–Crippen LogP) is 5.73. The zero-order valence-electron chi connectivity index (χ0n) is 19.6. The highest BCUT2D eigenvalue weighted by Crippen LogP contribution is 2.27. The standard InChI is InChI=1S/C27H29ClN2O4/c1-19(2)34-26-14-11-22(15-24(26)28)25(31)17-30(27(32)29-3)16-20-9-12-23(13-10-20)33-18-21-7-5-4-6-8-21/h4-15,19H,16-18H2,1-3H3,(H,29,32). The molecule has 7 heteroatoms. The van der Waals surface area contributed by atoms with E-state index in [4.69, 9.17) is 21.1 Å². The van der Waals surface area contributed by atoms with Crippen LogP contribution in [0.15, 0.2) is 72.8 Å². The first-order valence-corrected chi connectivity index (χ1v) is 11.4. The third kappa shape index (κ3) is 7.25. The number of carbonyl (C=O) groups excluding carboxylic acids is 2. The summed E-state index contributed by atoms with van der Waals surface area (Å²) in [6.45, 7) is 4.46. The number of nitrogens with one attached hydrogen (secondary N) is 1. The van der Waals surface area contributed by atoms with Gasteiger partial charge in [0.05, 0.1) is 17.7 Å². The van der Waals surface area contributed by atoms with E-state index in [1.807, 2.05) is 68.4 Å². The maximum Gasteiger partial charge on any atom is 0.317 e. The van der Waals surface area contributed by atoms with Crippen molar-refractivity contribution in [1.29, 1.82) is 0 Å².